The van der Waals surface area contributed by atoms with Gasteiger partial charge in [0, 0.05) is 42.0 Å². The fraction of sp³-hybridized carbons (Fsp3) is 0.217. The van der Waals surface area contributed by atoms with Gasteiger partial charge in [0.05, 0.1) is 0 Å². The minimum Gasteiger partial charge on any atom is -0.336 e. The number of hydrogen-bond acceptors (Lipinski definition) is 4. The fourth-order valence-corrected chi connectivity index (χ4v) is 3.56. The van der Waals surface area contributed by atoms with E-state index in [1.807, 2.05) is 42.5 Å². The van der Waals surface area contributed by atoms with Crippen LogP contribution in [0.15, 0.2) is 72.9 Å². The number of amides is 1. The first-order chi connectivity index (χ1) is 13.7. The number of aromatic nitrogens is 2. The van der Waals surface area contributed by atoms with Crippen LogP contribution in [-0.4, -0.2) is 39.6 Å². The minimum absolute atomic E-state index is 0.265. The lowest BCUT2D eigenvalue weighted by Gasteiger charge is -2.31. The maximum atomic E-state index is 12.5. The van der Waals surface area contributed by atoms with E-state index in [2.05, 4.69) is 4.98 Å². The Bertz CT molecular complexity index is 965. The number of likely N-dealkylation sites (tertiary alicyclic amines) is 1. The minimum atomic E-state index is -0.438. The average molecular weight is 371 g/mol. The summed E-state index contributed by atoms with van der Waals surface area (Å²) in [6.07, 6.45) is 3.37. The molecule has 1 aliphatic heterocycles. The van der Waals surface area contributed by atoms with Crippen molar-refractivity contribution in [3.05, 3.63) is 84.2 Å². The summed E-state index contributed by atoms with van der Waals surface area (Å²) in [5.74, 6) is 0.127. The SMILES string of the molecule is O=C(C(=O)N1CCC(c2ccnc(-c3ccccc3)n2)CC1)c1ccccc1. The van der Waals surface area contributed by atoms with Crippen LogP contribution >= 0.6 is 0 Å². The Morgan fingerprint density at radius 2 is 1.50 bits per heavy atom. The molecule has 1 aromatic heterocycles. The van der Waals surface area contributed by atoms with E-state index in [9.17, 15) is 9.59 Å². The van der Waals surface area contributed by atoms with Gasteiger partial charge in [-0.15, -0.1) is 0 Å². The van der Waals surface area contributed by atoms with Crippen molar-refractivity contribution in [3.63, 3.8) is 0 Å². The predicted octanol–water partition coefficient (Wildman–Crippen LogP) is 3.73. The lowest BCUT2D eigenvalue weighted by Crippen LogP contribution is -2.41. The molecule has 1 aliphatic rings. The zero-order valence-corrected chi connectivity index (χ0v) is 15.5. The number of hydrogen-bond donors (Lipinski definition) is 0. The quantitative estimate of drug-likeness (QED) is 0.518. The first-order valence-corrected chi connectivity index (χ1v) is 9.49. The largest absolute Gasteiger partial charge is 0.336 e. The Balaban J connectivity index is 1.42. The molecule has 0 spiro atoms. The van der Waals surface area contributed by atoms with Gasteiger partial charge >= 0.3 is 0 Å². The molecule has 3 aromatic rings. The summed E-state index contributed by atoms with van der Waals surface area (Å²) < 4.78 is 0. The Morgan fingerprint density at radius 3 is 2.18 bits per heavy atom. The zero-order valence-electron chi connectivity index (χ0n) is 15.5. The highest BCUT2D eigenvalue weighted by Crippen LogP contribution is 2.28. The van der Waals surface area contributed by atoms with Crippen molar-refractivity contribution >= 4 is 11.7 Å². The fourth-order valence-electron chi connectivity index (χ4n) is 3.56. The third-order valence-corrected chi connectivity index (χ3v) is 5.14. The third-order valence-electron chi connectivity index (χ3n) is 5.14. The number of carbonyl (C=O) groups excluding carboxylic acids is 2. The van der Waals surface area contributed by atoms with E-state index in [0.717, 1.165) is 29.9 Å². The molecule has 1 fully saturated rings. The van der Waals surface area contributed by atoms with E-state index in [-0.39, 0.29) is 5.92 Å². The lowest BCUT2D eigenvalue weighted by atomic mass is 9.92. The van der Waals surface area contributed by atoms with Gasteiger partial charge in [-0.2, -0.15) is 0 Å². The first kappa shape index (κ1) is 18.0. The number of ketones is 1. The van der Waals surface area contributed by atoms with Gasteiger partial charge in [-0.05, 0) is 18.9 Å². The maximum absolute atomic E-state index is 12.5. The summed E-state index contributed by atoms with van der Waals surface area (Å²) in [4.78, 5) is 35.7. The van der Waals surface area contributed by atoms with Crippen LogP contribution in [0.5, 0.6) is 0 Å². The second-order valence-electron chi connectivity index (χ2n) is 6.93. The molecule has 2 heterocycles. The second-order valence-corrected chi connectivity index (χ2v) is 6.93. The molecular formula is C23H21N3O2. The van der Waals surface area contributed by atoms with Gasteiger partial charge in [0.2, 0.25) is 5.78 Å². The van der Waals surface area contributed by atoms with Crippen LogP contribution in [0.1, 0.15) is 34.8 Å². The molecule has 5 heteroatoms. The van der Waals surface area contributed by atoms with E-state index >= 15 is 0 Å². The molecular weight excluding hydrogens is 350 g/mol. The lowest BCUT2D eigenvalue weighted by molar-refractivity contribution is -0.127. The summed E-state index contributed by atoms with van der Waals surface area (Å²) in [6.45, 7) is 1.12. The molecule has 5 nitrogen and oxygen atoms in total. The highest BCUT2D eigenvalue weighted by Gasteiger charge is 2.28. The summed E-state index contributed by atoms with van der Waals surface area (Å²) in [5, 5.41) is 0. The summed E-state index contributed by atoms with van der Waals surface area (Å²) in [7, 11) is 0. The van der Waals surface area contributed by atoms with Crippen LogP contribution in [0, 0.1) is 0 Å². The number of Topliss-reactive ketones (excluding diaryl/α,β-unsaturated/α-hetero) is 1. The Morgan fingerprint density at radius 1 is 0.857 bits per heavy atom. The van der Waals surface area contributed by atoms with Crippen molar-refractivity contribution in [2.24, 2.45) is 0 Å². The van der Waals surface area contributed by atoms with Crippen LogP contribution < -0.4 is 0 Å². The van der Waals surface area contributed by atoms with Crippen molar-refractivity contribution in [3.8, 4) is 11.4 Å². The molecule has 0 bridgehead atoms. The van der Waals surface area contributed by atoms with Gasteiger partial charge in [0.15, 0.2) is 5.82 Å². The molecule has 2 aromatic carbocycles. The van der Waals surface area contributed by atoms with E-state index in [4.69, 9.17) is 4.98 Å². The van der Waals surface area contributed by atoms with Crippen molar-refractivity contribution in [1.29, 1.82) is 0 Å². The van der Waals surface area contributed by atoms with Crippen LogP contribution in [0.4, 0.5) is 0 Å². The topological polar surface area (TPSA) is 63.2 Å². The van der Waals surface area contributed by atoms with E-state index in [1.165, 1.54) is 0 Å². The van der Waals surface area contributed by atoms with Crippen LogP contribution in [0.2, 0.25) is 0 Å². The van der Waals surface area contributed by atoms with Crippen LogP contribution in [-0.2, 0) is 4.79 Å². The maximum Gasteiger partial charge on any atom is 0.294 e. The number of carbonyl (C=O) groups is 2. The molecule has 140 valence electrons. The number of piperidine rings is 1. The van der Waals surface area contributed by atoms with Crippen LogP contribution in [0.3, 0.4) is 0 Å². The van der Waals surface area contributed by atoms with Gasteiger partial charge in [-0.1, -0.05) is 60.7 Å². The predicted molar refractivity (Wildman–Crippen MR) is 107 cm³/mol. The van der Waals surface area contributed by atoms with Crippen molar-refractivity contribution < 1.29 is 9.59 Å². The molecule has 4 rings (SSSR count). The van der Waals surface area contributed by atoms with E-state index < -0.39 is 11.7 Å². The Labute approximate surface area is 164 Å². The number of benzene rings is 2. The van der Waals surface area contributed by atoms with E-state index in [1.54, 1.807) is 35.4 Å². The van der Waals surface area contributed by atoms with Crippen molar-refractivity contribution in [1.82, 2.24) is 14.9 Å². The highest BCUT2D eigenvalue weighted by atomic mass is 16.2. The molecule has 0 unspecified atom stereocenters. The molecule has 1 saturated heterocycles. The van der Waals surface area contributed by atoms with Crippen molar-refractivity contribution in [2.75, 3.05) is 13.1 Å². The molecule has 1 amide bonds. The number of rotatable bonds is 4. The molecule has 0 aliphatic carbocycles. The standard InChI is InChI=1S/C23H21N3O2/c27-21(18-7-3-1-4-8-18)23(28)26-15-12-17(13-16-26)20-11-14-24-22(25-20)19-9-5-2-6-10-19/h1-11,14,17H,12-13,15-16H2. The second kappa shape index (κ2) is 8.13. The highest BCUT2D eigenvalue weighted by molar-refractivity contribution is 6.42. The van der Waals surface area contributed by atoms with Gasteiger partial charge in [0.25, 0.3) is 5.91 Å². The molecule has 0 atom stereocenters. The van der Waals surface area contributed by atoms with Crippen molar-refractivity contribution in [2.45, 2.75) is 18.8 Å². The van der Waals surface area contributed by atoms with Gasteiger partial charge < -0.3 is 4.90 Å². The summed E-state index contributed by atoms with van der Waals surface area (Å²) in [6, 6.07) is 20.6. The molecule has 0 N–H and O–H groups in total. The Hall–Kier alpha value is -3.34. The Kier molecular flexibility index (Phi) is 5.24. The zero-order chi connectivity index (χ0) is 19.3. The molecule has 0 radical (unpaired) electrons. The normalized spacial score (nSPS) is 14.6. The molecule has 0 saturated carbocycles. The third kappa shape index (κ3) is 3.83. The van der Waals surface area contributed by atoms with E-state index in [0.29, 0.717) is 18.7 Å². The molecule has 28 heavy (non-hydrogen) atoms. The average Bonchev–Trinajstić information content (AvgIpc) is 2.79. The summed E-state index contributed by atoms with van der Waals surface area (Å²) >= 11 is 0. The summed E-state index contributed by atoms with van der Waals surface area (Å²) in [5.41, 5.74) is 2.43. The monoisotopic (exact) mass is 371 g/mol. The van der Waals surface area contributed by atoms with Crippen LogP contribution in [0.25, 0.3) is 11.4 Å². The smallest absolute Gasteiger partial charge is 0.294 e. The first-order valence-electron chi connectivity index (χ1n) is 9.49. The van der Waals surface area contributed by atoms with Gasteiger partial charge in [0.1, 0.15) is 0 Å². The number of nitrogens with zero attached hydrogens (tertiary/aromatic N) is 3. The van der Waals surface area contributed by atoms with Gasteiger partial charge in [-0.3, -0.25) is 9.59 Å². The van der Waals surface area contributed by atoms with Gasteiger partial charge in [-0.25, -0.2) is 9.97 Å².